The molecule has 0 saturated carbocycles. The lowest BCUT2D eigenvalue weighted by Crippen LogP contribution is -2.44. The first kappa shape index (κ1) is 12.9. The maximum absolute atomic E-state index is 11.7. The maximum atomic E-state index is 11.7. The van der Waals surface area contributed by atoms with Crippen LogP contribution in [0.3, 0.4) is 0 Å². The molecular formula is C13H17N5O2. The number of carbonyl (C=O) groups excluding carboxylic acids is 1. The van der Waals surface area contributed by atoms with Crippen LogP contribution < -0.4 is 10.2 Å². The highest BCUT2D eigenvalue weighted by Crippen LogP contribution is 2.13. The third kappa shape index (κ3) is 2.44. The van der Waals surface area contributed by atoms with Crippen molar-refractivity contribution in [2.75, 3.05) is 37.7 Å². The molecule has 1 N–H and O–H groups in total. The van der Waals surface area contributed by atoms with Crippen LogP contribution >= 0.6 is 0 Å². The number of imidazole rings is 1. The van der Waals surface area contributed by atoms with E-state index in [2.05, 4.69) is 20.3 Å². The summed E-state index contributed by atoms with van der Waals surface area (Å²) < 4.78 is 6.57. The Bertz CT molecular complexity index is 618. The van der Waals surface area contributed by atoms with Crippen LogP contribution in [0.5, 0.6) is 0 Å². The van der Waals surface area contributed by atoms with Gasteiger partial charge in [0.25, 0.3) is 0 Å². The van der Waals surface area contributed by atoms with E-state index in [0.29, 0.717) is 12.3 Å². The molecule has 2 aromatic heterocycles. The highest BCUT2D eigenvalue weighted by molar-refractivity contribution is 5.87. The first-order valence-corrected chi connectivity index (χ1v) is 6.77. The Morgan fingerprint density at radius 2 is 2.20 bits per heavy atom. The number of ether oxygens (including phenoxy) is 1. The molecule has 0 unspecified atom stereocenters. The molecule has 20 heavy (non-hydrogen) atoms. The zero-order valence-corrected chi connectivity index (χ0v) is 11.4. The molecule has 1 saturated heterocycles. The first-order chi connectivity index (χ1) is 9.78. The van der Waals surface area contributed by atoms with Gasteiger partial charge in [-0.3, -0.25) is 0 Å². The second-order valence-corrected chi connectivity index (χ2v) is 4.58. The van der Waals surface area contributed by atoms with Crippen molar-refractivity contribution in [3.63, 3.8) is 0 Å². The summed E-state index contributed by atoms with van der Waals surface area (Å²) in [6, 6.07) is 3.80. The third-order valence-corrected chi connectivity index (χ3v) is 3.23. The number of nitrogens with one attached hydrogen (secondary N) is 1. The molecule has 0 aliphatic carbocycles. The van der Waals surface area contributed by atoms with Gasteiger partial charge >= 0.3 is 5.97 Å². The van der Waals surface area contributed by atoms with Crippen LogP contribution in [0.2, 0.25) is 0 Å². The molecule has 0 bridgehead atoms. The second-order valence-electron chi connectivity index (χ2n) is 4.58. The van der Waals surface area contributed by atoms with E-state index >= 15 is 0 Å². The van der Waals surface area contributed by atoms with Crippen LogP contribution in [0.4, 0.5) is 5.82 Å². The number of hydrogen-bond acceptors (Lipinski definition) is 6. The number of nitrogens with zero attached hydrogens (tertiary/aromatic N) is 4. The van der Waals surface area contributed by atoms with E-state index in [9.17, 15) is 4.79 Å². The van der Waals surface area contributed by atoms with Gasteiger partial charge in [0.15, 0.2) is 11.3 Å². The van der Waals surface area contributed by atoms with Gasteiger partial charge in [-0.25, -0.2) is 14.3 Å². The number of esters is 1. The van der Waals surface area contributed by atoms with E-state index in [-0.39, 0.29) is 5.69 Å². The summed E-state index contributed by atoms with van der Waals surface area (Å²) in [5.41, 5.74) is 0.934. The fraction of sp³-hybridized carbons (Fsp3) is 0.462. The van der Waals surface area contributed by atoms with E-state index < -0.39 is 5.97 Å². The van der Waals surface area contributed by atoms with E-state index in [1.165, 1.54) is 0 Å². The van der Waals surface area contributed by atoms with Gasteiger partial charge in [0.2, 0.25) is 0 Å². The molecule has 0 atom stereocenters. The molecule has 0 aromatic carbocycles. The normalized spacial score (nSPS) is 15.6. The van der Waals surface area contributed by atoms with Gasteiger partial charge in [0.1, 0.15) is 5.82 Å². The first-order valence-electron chi connectivity index (χ1n) is 6.77. The van der Waals surface area contributed by atoms with Crippen LogP contribution in [-0.4, -0.2) is 53.4 Å². The molecule has 2 aromatic rings. The standard InChI is InChI=1S/C13H17N5O2/c1-2-20-13(19)10-9-18-11(15-10)3-4-12(16-18)17-7-5-14-6-8-17/h3-4,9,14H,2,5-8H2,1H3. The third-order valence-electron chi connectivity index (χ3n) is 3.23. The maximum Gasteiger partial charge on any atom is 0.358 e. The fourth-order valence-corrected chi connectivity index (χ4v) is 2.24. The Morgan fingerprint density at radius 3 is 2.95 bits per heavy atom. The van der Waals surface area contributed by atoms with Gasteiger partial charge in [-0.15, -0.1) is 5.10 Å². The van der Waals surface area contributed by atoms with Crippen molar-refractivity contribution in [1.29, 1.82) is 0 Å². The molecule has 1 aliphatic rings. The minimum Gasteiger partial charge on any atom is -0.461 e. The van der Waals surface area contributed by atoms with E-state index in [0.717, 1.165) is 32.0 Å². The highest BCUT2D eigenvalue weighted by Gasteiger charge is 2.15. The second kappa shape index (κ2) is 5.46. The number of aromatic nitrogens is 3. The van der Waals surface area contributed by atoms with Crippen molar-refractivity contribution >= 4 is 17.4 Å². The summed E-state index contributed by atoms with van der Waals surface area (Å²) in [6.45, 7) is 5.88. The average molecular weight is 275 g/mol. The van der Waals surface area contributed by atoms with Crippen molar-refractivity contribution in [1.82, 2.24) is 19.9 Å². The number of carbonyl (C=O) groups is 1. The van der Waals surface area contributed by atoms with Crippen LogP contribution in [0, 0.1) is 0 Å². The lowest BCUT2D eigenvalue weighted by atomic mass is 10.3. The predicted octanol–water partition coefficient (Wildman–Crippen LogP) is 0.316. The van der Waals surface area contributed by atoms with Gasteiger partial charge in [-0.2, -0.15) is 0 Å². The van der Waals surface area contributed by atoms with Crippen LogP contribution in [0.15, 0.2) is 18.3 Å². The van der Waals surface area contributed by atoms with Gasteiger partial charge in [0, 0.05) is 26.2 Å². The molecule has 0 radical (unpaired) electrons. The summed E-state index contributed by atoms with van der Waals surface area (Å²) in [4.78, 5) is 18.1. The fourth-order valence-electron chi connectivity index (χ4n) is 2.24. The lowest BCUT2D eigenvalue weighted by molar-refractivity contribution is 0.0520. The number of rotatable bonds is 3. The number of anilines is 1. The van der Waals surface area contributed by atoms with Crippen molar-refractivity contribution in [3.05, 3.63) is 24.0 Å². The Kier molecular flexibility index (Phi) is 3.51. The summed E-state index contributed by atoms with van der Waals surface area (Å²) in [6.07, 6.45) is 1.61. The molecule has 106 valence electrons. The van der Waals surface area contributed by atoms with Crippen molar-refractivity contribution in [3.8, 4) is 0 Å². The number of hydrogen-bond donors (Lipinski definition) is 1. The minimum absolute atomic E-state index is 0.289. The van der Waals surface area contributed by atoms with Crippen molar-refractivity contribution in [2.45, 2.75) is 6.92 Å². The Hall–Kier alpha value is -2.15. The monoisotopic (exact) mass is 275 g/mol. The Labute approximate surface area is 116 Å². The molecule has 7 heteroatoms. The molecular weight excluding hydrogens is 258 g/mol. The summed E-state index contributed by atoms with van der Waals surface area (Å²) in [5, 5.41) is 7.81. The number of fused-ring (bicyclic) bond motifs is 1. The minimum atomic E-state index is -0.415. The zero-order chi connectivity index (χ0) is 13.9. The van der Waals surface area contributed by atoms with E-state index in [4.69, 9.17) is 4.74 Å². The predicted molar refractivity (Wildman–Crippen MR) is 74.0 cm³/mol. The van der Waals surface area contributed by atoms with Gasteiger partial charge in [-0.1, -0.05) is 0 Å². The molecule has 1 aliphatic heterocycles. The zero-order valence-electron chi connectivity index (χ0n) is 11.4. The van der Waals surface area contributed by atoms with Crippen molar-refractivity contribution < 1.29 is 9.53 Å². The van der Waals surface area contributed by atoms with Crippen LogP contribution in [0.25, 0.3) is 5.65 Å². The quantitative estimate of drug-likeness (QED) is 0.813. The molecule has 3 rings (SSSR count). The van der Waals surface area contributed by atoms with E-state index in [1.54, 1.807) is 17.6 Å². The molecule has 1 fully saturated rings. The van der Waals surface area contributed by atoms with Gasteiger partial charge < -0.3 is 15.0 Å². The Morgan fingerprint density at radius 1 is 1.40 bits per heavy atom. The summed E-state index contributed by atoms with van der Waals surface area (Å²) in [5.74, 6) is 0.480. The van der Waals surface area contributed by atoms with Crippen molar-refractivity contribution in [2.24, 2.45) is 0 Å². The van der Waals surface area contributed by atoms with E-state index in [1.807, 2.05) is 12.1 Å². The average Bonchev–Trinajstić information content (AvgIpc) is 2.91. The molecule has 0 amide bonds. The SMILES string of the molecule is CCOC(=O)c1cn2nc(N3CCNCC3)ccc2n1. The molecule has 0 spiro atoms. The lowest BCUT2D eigenvalue weighted by Gasteiger charge is -2.28. The Balaban J connectivity index is 1.88. The van der Waals surface area contributed by atoms with Gasteiger partial charge in [0.05, 0.1) is 12.8 Å². The summed E-state index contributed by atoms with van der Waals surface area (Å²) >= 11 is 0. The van der Waals surface area contributed by atoms with Gasteiger partial charge in [-0.05, 0) is 19.1 Å². The largest absolute Gasteiger partial charge is 0.461 e. The van der Waals surface area contributed by atoms with Crippen LogP contribution in [0.1, 0.15) is 17.4 Å². The molecule has 3 heterocycles. The molecule has 7 nitrogen and oxygen atoms in total. The topological polar surface area (TPSA) is 71.8 Å². The van der Waals surface area contributed by atoms with Crippen LogP contribution in [-0.2, 0) is 4.74 Å². The highest BCUT2D eigenvalue weighted by atomic mass is 16.5. The smallest absolute Gasteiger partial charge is 0.358 e. The summed E-state index contributed by atoms with van der Waals surface area (Å²) in [7, 11) is 0. The number of piperazine rings is 1.